The Morgan fingerprint density at radius 2 is 2.07 bits per heavy atom. The summed E-state index contributed by atoms with van der Waals surface area (Å²) in [4.78, 5) is 4.30. The van der Waals surface area contributed by atoms with Gasteiger partial charge in [0.05, 0.1) is 0 Å². The molecule has 3 heteroatoms. The second-order valence-corrected chi connectivity index (χ2v) is 4.33. The Bertz CT molecular complexity index is 452. The van der Waals surface area contributed by atoms with Crippen molar-refractivity contribution in [2.45, 2.75) is 18.9 Å². The van der Waals surface area contributed by atoms with Gasteiger partial charge in [-0.3, -0.25) is 0 Å². The summed E-state index contributed by atoms with van der Waals surface area (Å²) in [5.74, 6) is 1.67. The molecule has 0 amide bonds. The fraction of sp³-hybridized carbons (Fsp3) is 0.250. The summed E-state index contributed by atoms with van der Waals surface area (Å²) < 4.78 is 2.15. The molecular formula is C12H11ClN2. The van der Waals surface area contributed by atoms with Crippen LogP contribution >= 0.6 is 11.6 Å². The van der Waals surface area contributed by atoms with Gasteiger partial charge in [0.2, 0.25) is 0 Å². The van der Waals surface area contributed by atoms with E-state index in [1.165, 1.54) is 5.56 Å². The number of benzene rings is 1. The number of hydrogen-bond acceptors (Lipinski definition) is 1. The molecule has 1 aromatic carbocycles. The van der Waals surface area contributed by atoms with Gasteiger partial charge in [-0.2, -0.15) is 0 Å². The maximum Gasteiger partial charge on any atom is 0.147 e. The van der Waals surface area contributed by atoms with E-state index in [1.807, 2.05) is 12.3 Å². The molecule has 0 radical (unpaired) electrons. The monoisotopic (exact) mass is 218 g/mol. The highest BCUT2D eigenvalue weighted by molar-refractivity contribution is 6.29. The van der Waals surface area contributed by atoms with Crippen molar-refractivity contribution >= 4 is 11.6 Å². The molecule has 0 saturated heterocycles. The Balaban J connectivity index is 1.88. The molecule has 15 heavy (non-hydrogen) atoms. The van der Waals surface area contributed by atoms with Crippen LogP contribution < -0.4 is 0 Å². The Labute approximate surface area is 93.5 Å². The summed E-state index contributed by atoms with van der Waals surface area (Å²) >= 11 is 5.84. The molecule has 0 fully saturated rings. The normalized spacial score (nSPS) is 19.1. The van der Waals surface area contributed by atoms with Crippen LogP contribution in [0.2, 0.25) is 5.15 Å². The third-order valence-electron chi connectivity index (χ3n) is 2.95. The first-order valence-corrected chi connectivity index (χ1v) is 5.47. The maximum absolute atomic E-state index is 5.84. The van der Waals surface area contributed by atoms with E-state index in [-0.39, 0.29) is 0 Å². The van der Waals surface area contributed by atoms with Gasteiger partial charge in [0.1, 0.15) is 11.0 Å². The summed E-state index contributed by atoms with van der Waals surface area (Å²) in [5.41, 5.74) is 1.39. The number of rotatable bonds is 1. The molecule has 1 aliphatic rings. The van der Waals surface area contributed by atoms with Gasteiger partial charge >= 0.3 is 0 Å². The molecule has 2 nitrogen and oxygen atoms in total. The zero-order chi connectivity index (χ0) is 10.3. The smallest absolute Gasteiger partial charge is 0.147 e. The highest BCUT2D eigenvalue weighted by Gasteiger charge is 2.24. The highest BCUT2D eigenvalue weighted by atomic mass is 35.5. The Kier molecular flexibility index (Phi) is 2.03. The lowest BCUT2D eigenvalue weighted by Gasteiger charge is -2.08. The fourth-order valence-corrected chi connectivity index (χ4v) is 2.43. The van der Waals surface area contributed by atoms with Gasteiger partial charge in [-0.25, -0.2) is 4.98 Å². The molecule has 0 spiro atoms. The zero-order valence-electron chi connectivity index (χ0n) is 8.23. The lowest BCUT2D eigenvalue weighted by atomic mass is 9.98. The highest BCUT2D eigenvalue weighted by Crippen LogP contribution is 2.29. The molecule has 76 valence electrons. The molecule has 0 N–H and O–H groups in total. The minimum absolute atomic E-state index is 0.561. The van der Waals surface area contributed by atoms with Crippen LogP contribution in [0, 0.1) is 0 Å². The number of fused-ring (bicyclic) bond motifs is 1. The topological polar surface area (TPSA) is 17.8 Å². The van der Waals surface area contributed by atoms with Gasteiger partial charge < -0.3 is 4.57 Å². The predicted molar refractivity (Wildman–Crippen MR) is 60.1 cm³/mol. The van der Waals surface area contributed by atoms with Crippen LogP contribution in [-0.4, -0.2) is 9.55 Å². The quantitative estimate of drug-likeness (QED) is 0.720. The van der Waals surface area contributed by atoms with Crippen LogP contribution in [0.3, 0.4) is 0 Å². The summed E-state index contributed by atoms with van der Waals surface area (Å²) in [6.07, 6.45) is 2.91. The average Bonchev–Trinajstić information content (AvgIpc) is 2.76. The first-order valence-electron chi connectivity index (χ1n) is 5.09. The number of hydrogen-bond donors (Lipinski definition) is 0. The first kappa shape index (κ1) is 8.98. The van der Waals surface area contributed by atoms with Crippen LogP contribution in [-0.2, 0) is 13.0 Å². The Morgan fingerprint density at radius 1 is 1.27 bits per heavy atom. The summed E-state index contributed by atoms with van der Waals surface area (Å²) in [6, 6.07) is 10.6. The fourth-order valence-electron chi connectivity index (χ4n) is 2.21. The van der Waals surface area contributed by atoms with Crippen molar-refractivity contribution in [1.82, 2.24) is 9.55 Å². The van der Waals surface area contributed by atoms with Gasteiger partial charge in [0.25, 0.3) is 0 Å². The molecule has 0 aliphatic carbocycles. The van der Waals surface area contributed by atoms with Crippen molar-refractivity contribution in [2.75, 3.05) is 0 Å². The molecule has 0 bridgehead atoms. The molecule has 2 aromatic rings. The minimum atomic E-state index is 0.561. The lowest BCUT2D eigenvalue weighted by molar-refractivity contribution is 0.652. The summed E-state index contributed by atoms with van der Waals surface area (Å²) in [5, 5.41) is 0.608. The SMILES string of the molecule is Clc1cn2c(n1)CC(c1ccccc1)C2. The third-order valence-corrected chi connectivity index (χ3v) is 3.13. The molecule has 1 aromatic heterocycles. The van der Waals surface area contributed by atoms with Crippen molar-refractivity contribution in [3.8, 4) is 0 Å². The van der Waals surface area contributed by atoms with Crippen LogP contribution in [0.15, 0.2) is 36.5 Å². The maximum atomic E-state index is 5.84. The van der Waals surface area contributed by atoms with Gasteiger partial charge in [0, 0.05) is 25.1 Å². The Morgan fingerprint density at radius 3 is 2.80 bits per heavy atom. The molecular weight excluding hydrogens is 208 g/mol. The number of imidazole rings is 1. The van der Waals surface area contributed by atoms with Gasteiger partial charge in [-0.05, 0) is 5.56 Å². The van der Waals surface area contributed by atoms with Gasteiger partial charge in [0.15, 0.2) is 0 Å². The van der Waals surface area contributed by atoms with Crippen LogP contribution in [0.4, 0.5) is 0 Å². The van der Waals surface area contributed by atoms with Crippen LogP contribution in [0.25, 0.3) is 0 Å². The van der Waals surface area contributed by atoms with E-state index in [1.54, 1.807) is 0 Å². The van der Waals surface area contributed by atoms with Crippen molar-refractivity contribution in [1.29, 1.82) is 0 Å². The minimum Gasteiger partial charge on any atom is -0.333 e. The average molecular weight is 219 g/mol. The molecule has 3 rings (SSSR count). The standard InChI is InChI=1S/C12H11ClN2/c13-11-8-15-7-10(6-12(15)14-11)9-4-2-1-3-5-9/h1-5,8,10H,6-7H2. The summed E-state index contributed by atoms with van der Waals surface area (Å²) in [7, 11) is 0. The molecule has 1 unspecified atom stereocenters. The van der Waals surface area contributed by atoms with Crippen molar-refractivity contribution in [3.05, 3.63) is 53.1 Å². The van der Waals surface area contributed by atoms with E-state index < -0.39 is 0 Å². The number of halogens is 1. The van der Waals surface area contributed by atoms with E-state index in [0.717, 1.165) is 18.8 Å². The first-order chi connectivity index (χ1) is 7.33. The van der Waals surface area contributed by atoms with Crippen molar-refractivity contribution in [3.63, 3.8) is 0 Å². The van der Waals surface area contributed by atoms with E-state index in [2.05, 4.69) is 33.8 Å². The molecule has 0 saturated carbocycles. The molecule has 2 heterocycles. The Hall–Kier alpha value is -1.28. The van der Waals surface area contributed by atoms with E-state index >= 15 is 0 Å². The second-order valence-electron chi connectivity index (χ2n) is 3.94. The van der Waals surface area contributed by atoms with Crippen molar-refractivity contribution < 1.29 is 0 Å². The van der Waals surface area contributed by atoms with E-state index in [9.17, 15) is 0 Å². The largest absolute Gasteiger partial charge is 0.333 e. The summed E-state index contributed by atoms with van der Waals surface area (Å²) in [6.45, 7) is 0.999. The van der Waals surface area contributed by atoms with E-state index in [4.69, 9.17) is 11.6 Å². The van der Waals surface area contributed by atoms with Crippen molar-refractivity contribution in [2.24, 2.45) is 0 Å². The lowest BCUT2D eigenvalue weighted by Crippen LogP contribution is -1.99. The second kappa shape index (κ2) is 3.38. The van der Waals surface area contributed by atoms with Gasteiger partial charge in [-0.15, -0.1) is 0 Å². The van der Waals surface area contributed by atoms with Crippen LogP contribution in [0.1, 0.15) is 17.3 Å². The molecule has 1 aliphatic heterocycles. The van der Waals surface area contributed by atoms with Gasteiger partial charge in [-0.1, -0.05) is 41.9 Å². The van der Waals surface area contributed by atoms with E-state index in [0.29, 0.717) is 11.1 Å². The molecule has 1 atom stereocenters. The number of aromatic nitrogens is 2. The number of nitrogens with zero attached hydrogens (tertiary/aromatic N) is 2. The van der Waals surface area contributed by atoms with Crippen LogP contribution in [0.5, 0.6) is 0 Å². The zero-order valence-corrected chi connectivity index (χ0v) is 8.98. The predicted octanol–water partition coefficient (Wildman–Crippen LogP) is 2.88. The third kappa shape index (κ3) is 1.55.